The fourth-order valence-electron chi connectivity index (χ4n) is 2.40. The third kappa shape index (κ3) is 1.63. The Balaban J connectivity index is 0.000000336. The standard InChI is InChI=1S/C8H14FN.C2H6/c1-8-3-2-4-10(8)6-7(9)5-8;1-2/h7H,2-6H2,1H3;1-2H3/t7?,8-;/m0./s1. The number of alkyl halides is 1. The number of rotatable bonds is 0. The smallest absolute Gasteiger partial charge is 0.115 e. The van der Waals surface area contributed by atoms with E-state index in [0.717, 1.165) is 13.0 Å². The maximum atomic E-state index is 12.8. The van der Waals surface area contributed by atoms with Crippen molar-refractivity contribution in [2.24, 2.45) is 0 Å². The zero-order valence-electron chi connectivity index (χ0n) is 8.44. The summed E-state index contributed by atoms with van der Waals surface area (Å²) in [5.41, 5.74) is 0.236. The lowest BCUT2D eigenvalue weighted by molar-refractivity contribution is 0.217. The molecule has 1 nitrogen and oxygen atoms in total. The molecule has 2 atom stereocenters. The van der Waals surface area contributed by atoms with Gasteiger partial charge in [-0.15, -0.1) is 0 Å². The summed E-state index contributed by atoms with van der Waals surface area (Å²) in [5, 5.41) is 0. The molecule has 0 radical (unpaired) electrons. The first kappa shape index (κ1) is 9.97. The van der Waals surface area contributed by atoms with Crippen molar-refractivity contribution in [3.63, 3.8) is 0 Å². The maximum absolute atomic E-state index is 12.8. The Bertz CT molecular complexity index is 149. The van der Waals surface area contributed by atoms with Gasteiger partial charge in [-0.1, -0.05) is 13.8 Å². The molecule has 0 aromatic heterocycles. The predicted molar refractivity (Wildman–Crippen MR) is 50.1 cm³/mol. The number of fused-ring (bicyclic) bond motifs is 1. The Morgan fingerprint density at radius 2 is 2.08 bits per heavy atom. The SMILES string of the molecule is CC.C[C@@]12CCCN1CC(F)C2. The highest BCUT2D eigenvalue weighted by atomic mass is 19.1. The third-order valence-electron chi connectivity index (χ3n) is 2.99. The summed E-state index contributed by atoms with van der Waals surface area (Å²) in [7, 11) is 0. The van der Waals surface area contributed by atoms with E-state index in [2.05, 4.69) is 11.8 Å². The van der Waals surface area contributed by atoms with Gasteiger partial charge in [-0.05, 0) is 32.7 Å². The predicted octanol–water partition coefficient (Wildman–Crippen LogP) is 2.61. The minimum absolute atomic E-state index is 0.236. The van der Waals surface area contributed by atoms with E-state index < -0.39 is 6.17 Å². The maximum Gasteiger partial charge on any atom is 0.115 e. The van der Waals surface area contributed by atoms with E-state index in [9.17, 15) is 4.39 Å². The van der Waals surface area contributed by atoms with E-state index in [4.69, 9.17) is 0 Å². The zero-order chi connectivity index (χ0) is 9.19. The van der Waals surface area contributed by atoms with Crippen molar-refractivity contribution in [3.8, 4) is 0 Å². The molecule has 12 heavy (non-hydrogen) atoms. The highest BCUT2D eigenvalue weighted by Crippen LogP contribution is 2.39. The molecule has 0 amide bonds. The van der Waals surface area contributed by atoms with Gasteiger partial charge in [0.1, 0.15) is 6.17 Å². The third-order valence-corrected chi connectivity index (χ3v) is 2.99. The summed E-state index contributed by atoms with van der Waals surface area (Å²) >= 11 is 0. The van der Waals surface area contributed by atoms with Crippen molar-refractivity contribution in [3.05, 3.63) is 0 Å². The van der Waals surface area contributed by atoms with E-state index in [-0.39, 0.29) is 5.54 Å². The van der Waals surface area contributed by atoms with Crippen LogP contribution in [-0.4, -0.2) is 29.7 Å². The first-order chi connectivity index (χ1) is 5.71. The molecule has 2 heterocycles. The molecule has 0 aromatic carbocycles. The number of hydrogen-bond donors (Lipinski definition) is 0. The van der Waals surface area contributed by atoms with Crippen molar-refractivity contribution < 1.29 is 4.39 Å². The first-order valence-electron chi connectivity index (χ1n) is 5.10. The number of hydrogen-bond acceptors (Lipinski definition) is 1. The van der Waals surface area contributed by atoms with Gasteiger partial charge in [0.05, 0.1) is 0 Å². The number of halogens is 1. The van der Waals surface area contributed by atoms with Crippen LogP contribution in [0.4, 0.5) is 4.39 Å². The lowest BCUT2D eigenvalue weighted by atomic mass is 9.97. The van der Waals surface area contributed by atoms with Crippen LogP contribution in [0.5, 0.6) is 0 Å². The summed E-state index contributed by atoms with van der Waals surface area (Å²) in [6.07, 6.45) is 2.69. The van der Waals surface area contributed by atoms with Crippen LogP contribution in [0, 0.1) is 0 Å². The number of nitrogens with zero attached hydrogens (tertiary/aromatic N) is 1. The second kappa shape index (κ2) is 3.73. The normalized spacial score (nSPS) is 40.5. The molecule has 2 saturated heterocycles. The second-order valence-electron chi connectivity index (χ2n) is 3.85. The highest BCUT2D eigenvalue weighted by Gasteiger charge is 2.44. The van der Waals surface area contributed by atoms with Gasteiger partial charge in [0, 0.05) is 12.1 Å². The van der Waals surface area contributed by atoms with E-state index in [0.29, 0.717) is 6.54 Å². The van der Waals surface area contributed by atoms with Gasteiger partial charge in [0.25, 0.3) is 0 Å². The molecule has 0 saturated carbocycles. The minimum atomic E-state index is -0.551. The van der Waals surface area contributed by atoms with Crippen LogP contribution in [0.1, 0.15) is 40.0 Å². The van der Waals surface area contributed by atoms with Crippen LogP contribution in [0.25, 0.3) is 0 Å². The molecule has 2 aliphatic heterocycles. The second-order valence-corrected chi connectivity index (χ2v) is 3.85. The Kier molecular flexibility index (Phi) is 3.10. The van der Waals surface area contributed by atoms with E-state index >= 15 is 0 Å². The average Bonchev–Trinajstić information content (AvgIpc) is 2.46. The van der Waals surface area contributed by atoms with Gasteiger partial charge < -0.3 is 0 Å². The molecule has 1 unspecified atom stereocenters. The van der Waals surface area contributed by atoms with Crippen molar-refractivity contribution >= 4 is 0 Å². The van der Waals surface area contributed by atoms with Crippen molar-refractivity contribution in [2.45, 2.75) is 51.7 Å². The molecule has 0 bridgehead atoms. The van der Waals surface area contributed by atoms with Crippen LogP contribution >= 0.6 is 0 Å². The van der Waals surface area contributed by atoms with Gasteiger partial charge >= 0.3 is 0 Å². The molecule has 0 spiro atoms. The Labute approximate surface area is 74.9 Å². The lowest BCUT2D eigenvalue weighted by Gasteiger charge is -2.25. The molecule has 0 N–H and O–H groups in total. The summed E-state index contributed by atoms with van der Waals surface area (Å²) in [6.45, 7) is 8.01. The summed E-state index contributed by atoms with van der Waals surface area (Å²) < 4.78 is 12.8. The van der Waals surface area contributed by atoms with Crippen molar-refractivity contribution in [1.29, 1.82) is 0 Å². The monoisotopic (exact) mass is 173 g/mol. The Morgan fingerprint density at radius 3 is 2.67 bits per heavy atom. The average molecular weight is 173 g/mol. The zero-order valence-corrected chi connectivity index (χ0v) is 8.44. The Hall–Kier alpha value is -0.110. The molecule has 2 fully saturated rings. The molecule has 0 aromatic rings. The van der Waals surface area contributed by atoms with Crippen molar-refractivity contribution in [1.82, 2.24) is 4.90 Å². The van der Waals surface area contributed by atoms with E-state index in [1.165, 1.54) is 12.8 Å². The molecule has 2 aliphatic rings. The van der Waals surface area contributed by atoms with Gasteiger partial charge in [0.15, 0.2) is 0 Å². The summed E-state index contributed by atoms with van der Waals surface area (Å²) in [4.78, 5) is 2.30. The van der Waals surface area contributed by atoms with Crippen LogP contribution in [0.3, 0.4) is 0 Å². The molecular formula is C10H20FN. The van der Waals surface area contributed by atoms with Crippen LogP contribution in [-0.2, 0) is 0 Å². The largest absolute Gasteiger partial charge is 0.295 e. The fraction of sp³-hybridized carbons (Fsp3) is 1.00. The van der Waals surface area contributed by atoms with E-state index in [1.54, 1.807) is 0 Å². The molecule has 2 rings (SSSR count). The topological polar surface area (TPSA) is 3.24 Å². The van der Waals surface area contributed by atoms with Crippen LogP contribution in [0.2, 0.25) is 0 Å². The Morgan fingerprint density at radius 1 is 1.42 bits per heavy atom. The highest BCUT2D eigenvalue weighted by molar-refractivity contribution is 5.00. The van der Waals surface area contributed by atoms with Crippen molar-refractivity contribution in [2.75, 3.05) is 13.1 Å². The van der Waals surface area contributed by atoms with E-state index in [1.807, 2.05) is 13.8 Å². The fourth-order valence-corrected chi connectivity index (χ4v) is 2.40. The van der Waals surface area contributed by atoms with Crippen LogP contribution < -0.4 is 0 Å². The molecule has 2 heteroatoms. The van der Waals surface area contributed by atoms with Gasteiger partial charge in [-0.25, -0.2) is 4.39 Å². The molecule has 0 aliphatic carbocycles. The van der Waals surface area contributed by atoms with Gasteiger partial charge in [-0.2, -0.15) is 0 Å². The molecule has 72 valence electrons. The minimum Gasteiger partial charge on any atom is -0.295 e. The lowest BCUT2D eigenvalue weighted by Crippen LogP contribution is -2.34. The van der Waals surface area contributed by atoms with Gasteiger partial charge in [0.2, 0.25) is 0 Å². The quantitative estimate of drug-likeness (QED) is 0.544. The first-order valence-corrected chi connectivity index (χ1v) is 5.10. The molecular weight excluding hydrogens is 153 g/mol. The summed E-state index contributed by atoms with van der Waals surface area (Å²) in [6, 6.07) is 0. The summed E-state index contributed by atoms with van der Waals surface area (Å²) in [5.74, 6) is 0. The van der Waals surface area contributed by atoms with Gasteiger partial charge in [-0.3, -0.25) is 4.90 Å². The van der Waals surface area contributed by atoms with Crippen LogP contribution in [0.15, 0.2) is 0 Å².